The quantitative estimate of drug-likeness (QED) is 0.403. The van der Waals surface area contributed by atoms with E-state index in [0.29, 0.717) is 24.8 Å². The van der Waals surface area contributed by atoms with Crippen LogP contribution in [0.1, 0.15) is 64.7 Å². The molecule has 2 rings (SSSR count). The van der Waals surface area contributed by atoms with E-state index in [4.69, 9.17) is 20.8 Å². The van der Waals surface area contributed by atoms with Gasteiger partial charge in [-0.3, -0.25) is 0 Å². The molecule has 1 aromatic rings. The fourth-order valence-corrected chi connectivity index (χ4v) is 4.44. The Hall–Kier alpha value is -1.11. The first-order valence-corrected chi connectivity index (χ1v) is 13.8. The Labute approximate surface area is 182 Å². The van der Waals surface area contributed by atoms with E-state index in [1.54, 1.807) is 11.1 Å². The molecule has 164 valence electrons. The number of aromatic nitrogens is 1. The first kappa shape index (κ1) is 24.2. The number of halogens is 1. The molecular weight excluding hydrogens is 404 g/mol. The monoisotopic (exact) mass is 440 g/mol. The molecule has 0 spiro atoms. The smallest absolute Gasteiger partial charge is 0.410 e. The van der Waals surface area contributed by atoms with Gasteiger partial charge in [-0.05, 0) is 74.9 Å². The van der Waals surface area contributed by atoms with E-state index in [1.807, 2.05) is 20.8 Å². The Morgan fingerprint density at radius 3 is 2.38 bits per heavy atom. The summed E-state index contributed by atoms with van der Waals surface area (Å²) in [7, 11) is -1.88. The van der Waals surface area contributed by atoms with Gasteiger partial charge in [0.2, 0.25) is 0 Å². The molecular formula is C22H37ClN2O3Si. The van der Waals surface area contributed by atoms with Crippen LogP contribution in [0.3, 0.4) is 0 Å². The summed E-state index contributed by atoms with van der Waals surface area (Å²) in [6, 6.07) is 0. The molecule has 5 nitrogen and oxygen atoms in total. The minimum atomic E-state index is -1.88. The molecule has 0 N–H and O–H groups in total. The number of ether oxygens (including phenoxy) is 1. The average Bonchev–Trinajstić information content (AvgIpc) is 3.04. The van der Waals surface area contributed by atoms with Crippen molar-refractivity contribution in [2.45, 2.75) is 91.1 Å². The summed E-state index contributed by atoms with van der Waals surface area (Å²) in [5.41, 5.74) is 2.88. The number of hydrogen-bond donors (Lipinski definition) is 0. The van der Waals surface area contributed by atoms with Crippen molar-refractivity contribution < 1.29 is 14.0 Å². The minimum absolute atomic E-state index is 0.130. The zero-order valence-electron chi connectivity index (χ0n) is 19.3. The number of amides is 1. The molecule has 7 heteroatoms. The van der Waals surface area contributed by atoms with Crippen molar-refractivity contribution >= 4 is 26.0 Å². The average molecular weight is 441 g/mol. The molecule has 29 heavy (non-hydrogen) atoms. The summed E-state index contributed by atoms with van der Waals surface area (Å²) in [4.78, 5) is 19.0. The Kier molecular flexibility index (Phi) is 7.45. The topological polar surface area (TPSA) is 51.7 Å². The maximum absolute atomic E-state index is 12.9. The fourth-order valence-electron chi connectivity index (χ4n) is 3.15. The van der Waals surface area contributed by atoms with Crippen LogP contribution in [0.2, 0.25) is 23.3 Å². The largest absolute Gasteiger partial charge is 0.444 e. The van der Waals surface area contributed by atoms with Gasteiger partial charge in [0.1, 0.15) is 10.8 Å². The highest BCUT2D eigenvalue weighted by Crippen LogP contribution is 2.36. The molecule has 0 atom stereocenters. The SMILES string of the molecule is CC(C)(C)OC(=O)N(CCO[Si](C)(C)C(C)(C)C)Cc1cnc(Cl)c2c1CCC2. The van der Waals surface area contributed by atoms with Gasteiger partial charge >= 0.3 is 6.09 Å². The Balaban J connectivity index is 2.16. The second-order valence-corrected chi connectivity index (χ2v) is 15.6. The number of carbonyl (C=O) groups is 1. The maximum Gasteiger partial charge on any atom is 0.410 e. The molecule has 1 aliphatic rings. The van der Waals surface area contributed by atoms with Crippen molar-refractivity contribution in [2.75, 3.05) is 13.2 Å². The summed E-state index contributed by atoms with van der Waals surface area (Å²) in [5.74, 6) is 0. The first-order valence-electron chi connectivity index (χ1n) is 10.5. The minimum Gasteiger partial charge on any atom is -0.444 e. The van der Waals surface area contributed by atoms with Gasteiger partial charge < -0.3 is 14.1 Å². The van der Waals surface area contributed by atoms with E-state index >= 15 is 0 Å². The van der Waals surface area contributed by atoms with Crippen LogP contribution in [0.15, 0.2) is 6.20 Å². The molecule has 0 bridgehead atoms. The van der Waals surface area contributed by atoms with Gasteiger partial charge in [-0.15, -0.1) is 0 Å². The molecule has 1 aliphatic carbocycles. The molecule has 0 saturated carbocycles. The van der Waals surface area contributed by atoms with Gasteiger partial charge in [0.05, 0.1) is 13.2 Å². The third-order valence-corrected chi connectivity index (χ3v) is 10.7. The third kappa shape index (κ3) is 6.43. The number of nitrogens with zero attached hydrogens (tertiary/aromatic N) is 2. The molecule has 0 aliphatic heterocycles. The lowest BCUT2D eigenvalue weighted by molar-refractivity contribution is 0.0205. The highest BCUT2D eigenvalue weighted by Gasteiger charge is 2.37. The van der Waals surface area contributed by atoms with Crippen molar-refractivity contribution in [3.63, 3.8) is 0 Å². The Bertz CT molecular complexity index is 739. The van der Waals surface area contributed by atoms with Crippen LogP contribution in [0, 0.1) is 0 Å². The third-order valence-electron chi connectivity index (χ3n) is 5.83. The standard InChI is InChI=1S/C22H37ClN2O3Si/c1-21(2,3)28-20(26)25(12-13-27-29(7,8)22(4,5)6)15-16-14-24-19(23)18-11-9-10-17(16)18/h14H,9-13,15H2,1-8H3. The van der Waals surface area contributed by atoms with Gasteiger partial charge in [0.25, 0.3) is 0 Å². The van der Waals surface area contributed by atoms with E-state index in [0.717, 1.165) is 30.4 Å². The zero-order chi connectivity index (χ0) is 22.0. The molecule has 0 fully saturated rings. The molecule has 1 heterocycles. The summed E-state index contributed by atoms with van der Waals surface area (Å²) < 4.78 is 12.0. The normalized spacial score (nSPS) is 14.7. The molecule has 0 aromatic carbocycles. The summed E-state index contributed by atoms with van der Waals surface area (Å²) in [6.45, 7) is 18.2. The maximum atomic E-state index is 12.9. The van der Waals surface area contributed by atoms with Crippen molar-refractivity contribution in [3.8, 4) is 0 Å². The van der Waals surface area contributed by atoms with E-state index in [9.17, 15) is 4.79 Å². The van der Waals surface area contributed by atoms with Crippen LogP contribution in [-0.4, -0.2) is 43.0 Å². The van der Waals surface area contributed by atoms with Crippen LogP contribution in [0.25, 0.3) is 0 Å². The second-order valence-electron chi connectivity index (χ2n) is 10.4. The van der Waals surface area contributed by atoms with Crippen molar-refractivity contribution in [2.24, 2.45) is 0 Å². The van der Waals surface area contributed by atoms with Crippen LogP contribution >= 0.6 is 11.6 Å². The van der Waals surface area contributed by atoms with Crippen molar-refractivity contribution in [1.29, 1.82) is 0 Å². The summed E-state index contributed by atoms with van der Waals surface area (Å²) in [5, 5.41) is 0.719. The number of fused-ring (bicyclic) bond motifs is 1. The van der Waals surface area contributed by atoms with Gasteiger partial charge in [-0.2, -0.15) is 0 Å². The Morgan fingerprint density at radius 2 is 1.79 bits per heavy atom. The zero-order valence-corrected chi connectivity index (χ0v) is 21.1. The summed E-state index contributed by atoms with van der Waals surface area (Å²) >= 11 is 6.27. The van der Waals surface area contributed by atoms with Gasteiger partial charge in [0.15, 0.2) is 8.32 Å². The number of hydrogen-bond acceptors (Lipinski definition) is 4. The molecule has 0 saturated heterocycles. The second kappa shape index (κ2) is 8.94. The number of carbonyl (C=O) groups excluding carboxylic acids is 1. The highest BCUT2D eigenvalue weighted by molar-refractivity contribution is 6.74. The Morgan fingerprint density at radius 1 is 1.17 bits per heavy atom. The van der Waals surface area contributed by atoms with Gasteiger partial charge in [-0.1, -0.05) is 32.4 Å². The highest BCUT2D eigenvalue weighted by atomic mass is 35.5. The van der Waals surface area contributed by atoms with E-state index < -0.39 is 13.9 Å². The van der Waals surface area contributed by atoms with Gasteiger partial charge in [-0.25, -0.2) is 9.78 Å². The summed E-state index contributed by atoms with van der Waals surface area (Å²) in [6.07, 6.45) is 4.50. The molecule has 0 unspecified atom stereocenters. The predicted molar refractivity (Wildman–Crippen MR) is 121 cm³/mol. The number of pyridine rings is 1. The van der Waals surface area contributed by atoms with Gasteiger partial charge in [0, 0.05) is 12.7 Å². The molecule has 1 aromatic heterocycles. The molecule has 1 amide bonds. The van der Waals surface area contributed by atoms with E-state index in [-0.39, 0.29) is 11.1 Å². The van der Waals surface area contributed by atoms with Crippen LogP contribution < -0.4 is 0 Å². The predicted octanol–water partition coefficient (Wildman–Crippen LogP) is 5.98. The lowest BCUT2D eigenvalue weighted by atomic mass is 10.1. The lowest BCUT2D eigenvalue weighted by Crippen LogP contribution is -2.44. The lowest BCUT2D eigenvalue weighted by Gasteiger charge is -2.37. The van der Waals surface area contributed by atoms with E-state index in [1.165, 1.54) is 5.56 Å². The molecule has 0 radical (unpaired) electrons. The van der Waals surface area contributed by atoms with E-state index in [2.05, 4.69) is 38.8 Å². The van der Waals surface area contributed by atoms with Crippen molar-refractivity contribution in [1.82, 2.24) is 9.88 Å². The number of rotatable bonds is 6. The fraction of sp³-hybridized carbons (Fsp3) is 0.727. The first-order chi connectivity index (χ1) is 13.2. The van der Waals surface area contributed by atoms with Crippen molar-refractivity contribution in [3.05, 3.63) is 28.0 Å². The van der Waals surface area contributed by atoms with Crippen LogP contribution in [0.4, 0.5) is 4.79 Å². The van der Waals surface area contributed by atoms with Crippen LogP contribution in [-0.2, 0) is 28.5 Å². The van der Waals surface area contributed by atoms with Crippen LogP contribution in [0.5, 0.6) is 0 Å².